The molecule has 0 saturated heterocycles. The Balaban J connectivity index is 2.24. The van der Waals surface area contributed by atoms with E-state index in [9.17, 15) is 4.79 Å². The predicted molar refractivity (Wildman–Crippen MR) is 70.4 cm³/mol. The van der Waals surface area contributed by atoms with E-state index in [1.807, 2.05) is 6.92 Å². The molecule has 0 bridgehead atoms. The standard InChI is InChI=1S/C13H19N3O3/c1-9-11(14-8-15-12(9)19-2)16-13(7-10(17)18)5-3-4-6-13/h8H,3-7H2,1-2H3,(H,17,18)(H,14,15,16). The number of carboxylic acid groups (broad SMARTS) is 1. The van der Waals surface area contributed by atoms with Gasteiger partial charge < -0.3 is 15.2 Å². The van der Waals surface area contributed by atoms with Gasteiger partial charge in [-0.25, -0.2) is 9.97 Å². The average molecular weight is 265 g/mol. The number of aliphatic carboxylic acids is 1. The van der Waals surface area contributed by atoms with Crippen LogP contribution in [0.25, 0.3) is 0 Å². The second-order valence-corrected chi connectivity index (χ2v) is 5.04. The molecule has 0 amide bonds. The van der Waals surface area contributed by atoms with Crippen LogP contribution in [0.2, 0.25) is 0 Å². The molecule has 6 heteroatoms. The van der Waals surface area contributed by atoms with Gasteiger partial charge in [0, 0.05) is 5.54 Å². The third-order valence-corrected chi connectivity index (χ3v) is 3.67. The molecule has 0 atom stereocenters. The summed E-state index contributed by atoms with van der Waals surface area (Å²) in [5.74, 6) is 0.393. The summed E-state index contributed by atoms with van der Waals surface area (Å²) < 4.78 is 5.16. The Bertz CT molecular complexity index is 470. The Morgan fingerprint density at radius 2 is 2.16 bits per heavy atom. The van der Waals surface area contributed by atoms with Gasteiger partial charge in [0.2, 0.25) is 5.88 Å². The molecule has 0 spiro atoms. The molecule has 0 unspecified atom stereocenters. The maximum atomic E-state index is 11.1. The smallest absolute Gasteiger partial charge is 0.305 e. The Labute approximate surface area is 112 Å². The number of carboxylic acids is 1. The van der Waals surface area contributed by atoms with Crippen LogP contribution in [0.1, 0.15) is 37.7 Å². The number of hydrogen-bond acceptors (Lipinski definition) is 5. The van der Waals surface area contributed by atoms with Crippen LogP contribution in [-0.2, 0) is 4.79 Å². The van der Waals surface area contributed by atoms with Gasteiger partial charge in [0.05, 0.1) is 19.1 Å². The first-order valence-electron chi connectivity index (χ1n) is 6.42. The second-order valence-electron chi connectivity index (χ2n) is 5.04. The predicted octanol–water partition coefficient (Wildman–Crippen LogP) is 1.99. The van der Waals surface area contributed by atoms with E-state index >= 15 is 0 Å². The SMILES string of the molecule is COc1ncnc(NC2(CC(=O)O)CCCC2)c1C. The number of rotatable bonds is 5. The molecule has 104 valence electrons. The second kappa shape index (κ2) is 5.42. The molecule has 6 nitrogen and oxygen atoms in total. The summed E-state index contributed by atoms with van der Waals surface area (Å²) in [7, 11) is 1.56. The molecule has 1 saturated carbocycles. The molecule has 1 fully saturated rings. The molecule has 1 aromatic rings. The van der Waals surface area contributed by atoms with E-state index in [0.29, 0.717) is 11.7 Å². The number of hydrogen-bond donors (Lipinski definition) is 2. The Kier molecular flexibility index (Phi) is 3.87. The van der Waals surface area contributed by atoms with Gasteiger partial charge in [-0.1, -0.05) is 12.8 Å². The molecule has 0 aromatic carbocycles. The van der Waals surface area contributed by atoms with Crippen LogP contribution < -0.4 is 10.1 Å². The maximum Gasteiger partial charge on any atom is 0.305 e. The van der Waals surface area contributed by atoms with Crippen molar-refractivity contribution in [3.63, 3.8) is 0 Å². The topological polar surface area (TPSA) is 84.3 Å². The number of carbonyl (C=O) groups is 1. The first kappa shape index (κ1) is 13.6. The summed E-state index contributed by atoms with van der Waals surface area (Å²) in [5, 5.41) is 12.4. The van der Waals surface area contributed by atoms with Crippen molar-refractivity contribution >= 4 is 11.8 Å². The van der Waals surface area contributed by atoms with Gasteiger partial charge in [-0.05, 0) is 19.8 Å². The largest absolute Gasteiger partial charge is 0.481 e. The lowest BCUT2D eigenvalue weighted by Gasteiger charge is -2.30. The van der Waals surface area contributed by atoms with Gasteiger partial charge in [-0.2, -0.15) is 0 Å². The minimum Gasteiger partial charge on any atom is -0.481 e. The summed E-state index contributed by atoms with van der Waals surface area (Å²) in [6, 6.07) is 0. The zero-order valence-corrected chi connectivity index (χ0v) is 11.3. The zero-order chi connectivity index (χ0) is 13.9. The van der Waals surface area contributed by atoms with Gasteiger partial charge in [0.1, 0.15) is 12.1 Å². The molecule has 1 aliphatic rings. The zero-order valence-electron chi connectivity index (χ0n) is 11.3. The highest BCUT2D eigenvalue weighted by Crippen LogP contribution is 2.36. The Morgan fingerprint density at radius 1 is 1.47 bits per heavy atom. The summed E-state index contributed by atoms with van der Waals surface area (Å²) in [6.45, 7) is 1.87. The fourth-order valence-electron chi connectivity index (χ4n) is 2.70. The summed E-state index contributed by atoms with van der Waals surface area (Å²) >= 11 is 0. The van der Waals surface area contributed by atoms with Crippen molar-refractivity contribution in [2.45, 2.75) is 44.6 Å². The summed E-state index contributed by atoms with van der Waals surface area (Å²) in [5.41, 5.74) is 0.414. The molecule has 0 radical (unpaired) electrons. The number of methoxy groups -OCH3 is 1. The minimum atomic E-state index is -0.784. The molecular weight excluding hydrogens is 246 g/mol. The first-order chi connectivity index (χ1) is 9.06. The van der Waals surface area contributed by atoms with E-state index in [1.165, 1.54) is 6.33 Å². The van der Waals surface area contributed by atoms with Crippen molar-refractivity contribution in [3.8, 4) is 5.88 Å². The van der Waals surface area contributed by atoms with Crippen LogP contribution in [0, 0.1) is 6.92 Å². The third kappa shape index (κ3) is 2.94. The number of nitrogens with zero attached hydrogens (tertiary/aromatic N) is 2. The van der Waals surface area contributed by atoms with Crippen LogP contribution in [0.3, 0.4) is 0 Å². The van der Waals surface area contributed by atoms with E-state index in [2.05, 4.69) is 15.3 Å². The lowest BCUT2D eigenvalue weighted by atomic mass is 9.93. The van der Waals surface area contributed by atoms with E-state index < -0.39 is 11.5 Å². The summed E-state index contributed by atoms with van der Waals surface area (Å²) in [6.07, 6.45) is 5.33. The van der Waals surface area contributed by atoms with Crippen LogP contribution >= 0.6 is 0 Å². The van der Waals surface area contributed by atoms with Crippen molar-refractivity contribution in [2.24, 2.45) is 0 Å². The lowest BCUT2D eigenvalue weighted by molar-refractivity contribution is -0.138. The van der Waals surface area contributed by atoms with Crippen LogP contribution in [0.4, 0.5) is 5.82 Å². The monoisotopic (exact) mass is 265 g/mol. The van der Waals surface area contributed by atoms with Crippen LogP contribution in [0.5, 0.6) is 5.88 Å². The van der Waals surface area contributed by atoms with Crippen LogP contribution in [0.15, 0.2) is 6.33 Å². The van der Waals surface area contributed by atoms with E-state index in [4.69, 9.17) is 9.84 Å². The van der Waals surface area contributed by atoms with Crippen molar-refractivity contribution in [3.05, 3.63) is 11.9 Å². The Hall–Kier alpha value is -1.85. The summed E-state index contributed by atoms with van der Waals surface area (Å²) in [4.78, 5) is 19.3. The molecule has 0 aliphatic heterocycles. The van der Waals surface area contributed by atoms with Crippen molar-refractivity contribution in [2.75, 3.05) is 12.4 Å². The quantitative estimate of drug-likeness (QED) is 0.847. The highest BCUT2D eigenvalue weighted by molar-refractivity contribution is 5.69. The molecule has 1 aromatic heterocycles. The highest BCUT2D eigenvalue weighted by Gasteiger charge is 2.36. The van der Waals surface area contributed by atoms with Gasteiger partial charge in [-0.15, -0.1) is 0 Å². The fraction of sp³-hybridized carbons (Fsp3) is 0.615. The van der Waals surface area contributed by atoms with Crippen LogP contribution in [-0.4, -0.2) is 33.7 Å². The number of anilines is 1. The van der Waals surface area contributed by atoms with Gasteiger partial charge in [-0.3, -0.25) is 4.79 Å². The van der Waals surface area contributed by atoms with Gasteiger partial charge >= 0.3 is 5.97 Å². The van der Waals surface area contributed by atoms with E-state index in [0.717, 1.165) is 31.2 Å². The molecule has 1 aliphatic carbocycles. The average Bonchev–Trinajstić information content (AvgIpc) is 2.79. The fourth-order valence-corrected chi connectivity index (χ4v) is 2.70. The minimum absolute atomic E-state index is 0.110. The van der Waals surface area contributed by atoms with Gasteiger partial charge in [0.25, 0.3) is 0 Å². The van der Waals surface area contributed by atoms with Crippen molar-refractivity contribution in [1.82, 2.24) is 9.97 Å². The third-order valence-electron chi connectivity index (χ3n) is 3.67. The maximum absolute atomic E-state index is 11.1. The number of ether oxygens (including phenoxy) is 1. The van der Waals surface area contributed by atoms with Crippen molar-refractivity contribution in [1.29, 1.82) is 0 Å². The first-order valence-corrected chi connectivity index (χ1v) is 6.42. The molecule has 2 N–H and O–H groups in total. The number of aromatic nitrogens is 2. The Morgan fingerprint density at radius 3 is 2.74 bits per heavy atom. The number of nitrogens with one attached hydrogen (secondary N) is 1. The van der Waals surface area contributed by atoms with E-state index in [-0.39, 0.29) is 6.42 Å². The molecular formula is C13H19N3O3. The molecule has 19 heavy (non-hydrogen) atoms. The molecule has 1 heterocycles. The lowest BCUT2D eigenvalue weighted by Crippen LogP contribution is -2.38. The van der Waals surface area contributed by atoms with Gasteiger partial charge in [0.15, 0.2) is 0 Å². The van der Waals surface area contributed by atoms with Crippen molar-refractivity contribution < 1.29 is 14.6 Å². The highest BCUT2D eigenvalue weighted by atomic mass is 16.5. The molecule has 2 rings (SSSR count). The normalized spacial score (nSPS) is 17.2. The van der Waals surface area contributed by atoms with E-state index in [1.54, 1.807) is 7.11 Å².